The first-order valence-electron chi connectivity index (χ1n) is 9.23. The number of allylic oxidation sites excluding steroid dienone is 1. The monoisotopic (exact) mass is 308 g/mol. The van der Waals surface area contributed by atoms with Gasteiger partial charge in [-0.1, -0.05) is 60.8 Å². The maximum atomic E-state index is 5.99. The van der Waals surface area contributed by atoms with Gasteiger partial charge in [-0.05, 0) is 36.7 Å². The summed E-state index contributed by atoms with van der Waals surface area (Å²) in [7, 11) is 0. The molecule has 0 aromatic rings. The molecule has 0 spiro atoms. The summed E-state index contributed by atoms with van der Waals surface area (Å²) in [5.41, 5.74) is 2.81. The van der Waals surface area contributed by atoms with Gasteiger partial charge in [0.1, 0.15) is 0 Å². The van der Waals surface area contributed by atoms with Crippen molar-refractivity contribution in [1.29, 1.82) is 0 Å². The number of ether oxygens (including phenoxy) is 1. The van der Waals surface area contributed by atoms with Gasteiger partial charge in [0.2, 0.25) is 0 Å². The quantitative estimate of drug-likeness (QED) is 0.629. The maximum absolute atomic E-state index is 5.99. The van der Waals surface area contributed by atoms with E-state index in [1.54, 1.807) is 0 Å². The number of nitrogens with one attached hydrogen (secondary N) is 1. The molecule has 0 aromatic carbocycles. The molecule has 2 unspecified atom stereocenters. The Labute approximate surface area is 137 Å². The smallest absolute Gasteiger partial charge is 0.289 e. The summed E-state index contributed by atoms with van der Waals surface area (Å²) < 4.78 is 5.99. The summed E-state index contributed by atoms with van der Waals surface area (Å²) in [5, 5.41) is 3.47. The van der Waals surface area contributed by atoms with E-state index in [4.69, 9.17) is 9.73 Å². The molecule has 128 valence electrons. The Bertz CT molecular complexity index is 385. The number of amidine groups is 1. The van der Waals surface area contributed by atoms with Crippen molar-refractivity contribution in [3.8, 4) is 0 Å². The van der Waals surface area contributed by atoms with Crippen molar-refractivity contribution in [3.63, 3.8) is 0 Å². The van der Waals surface area contributed by atoms with Crippen LogP contribution in [0.2, 0.25) is 0 Å². The van der Waals surface area contributed by atoms with E-state index in [-0.39, 0.29) is 0 Å². The molecule has 0 amide bonds. The van der Waals surface area contributed by atoms with Crippen LogP contribution in [-0.4, -0.2) is 18.7 Å². The summed E-state index contributed by atoms with van der Waals surface area (Å²) in [6.07, 6.45) is 7.11. The van der Waals surface area contributed by atoms with E-state index in [0.717, 1.165) is 25.5 Å². The summed E-state index contributed by atoms with van der Waals surface area (Å²) in [6.45, 7) is 14.2. The van der Waals surface area contributed by atoms with Gasteiger partial charge in [-0.15, -0.1) is 0 Å². The SMILES string of the molecule is CCCCC(C)COC1=NC(CC)C(CCC)=C(C(C)C)N1. The molecular formula is C19H36N2O. The fourth-order valence-corrected chi connectivity index (χ4v) is 2.98. The van der Waals surface area contributed by atoms with Gasteiger partial charge in [-0.25, -0.2) is 4.99 Å². The zero-order chi connectivity index (χ0) is 16.5. The number of aliphatic imine (C=N–C) groups is 1. The van der Waals surface area contributed by atoms with Crippen LogP contribution in [0.15, 0.2) is 16.3 Å². The zero-order valence-corrected chi connectivity index (χ0v) is 15.5. The fourth-order valence-electron chi connectivity index (χ4n) is 2.98. The molecule has 1 aliphatic heterocycles. The molecule has 1 heterocycles. The molecule has 0 saturated heterocycles. The predicted octanol–water partition coefficient (Wildman–Crippen LogP) is 5.28. The van der Waals surface area contributed by atoms with E-state index in [1.807, 2.05) is 0 Å². The van der Waals surface area contributed by atoms with Gasteiger partial charge in [0, 0.05) is 5.70 Å². The highest BCUT2D eigenvalue weighted by Gasteiger charge is 2.25. The van der Waals surface area contributed by atoms with E-state index in [9.17, 15) is 0 Å². The van der Waals surface area contributed by atoms with Crippen molar-refractivity contribution in [3.05, 3.63) is 11.3 Å². The van der Waals surface area contributed by atoms with Crippen LogP contribution in [0.4, 0.5) is 0 Å². The first kappa shape index (κ1) is 19.1. The Hall–Kier alpha value is -0.990. The molecule has 1 rings (SSSR count). The first-order chi connectivity index (χ1) is 10.5. The molecule has 0 radical (unpaired) electrons. The van der Waals surface area contributed by atoms with E-state index < -0.39 is 0 Å². The molecule has 1 N–H and O–H groups in total. The second-order valence-electron chi connectivity index (χ2n) is 6.89. The highest BCUT2D eigenvalue weighted by atomic mass is 16.5. The van der Waals surface area contributed by atoms with E-state index >= 15 is 0 Å². The Morgan fingerprint density at radius 1 is 1.14 bits per heavy atom. The molecule has 1 aliphatic rings. The molecule has 0 aromatic heterocycles. The lowest BCUT2D eigenvalue weighted by atomic mass is 9.92. The zero-order valence-electron chi connectivity index (χ0n) is 15.5. The van der Waals surface area contributed by atoms with Crippen LogP contribution in [0.25, 0.3) is 0 Å². The molecule has 0 bridgehead atoms. The lowest BCUT2D eigenvalue weighted by Crippen LogP contribution is -2.37. The van der Waals surface area contributed by atoms with Crippen LogP contribution in [0.5, 0.6) is 0 Å². The Kier molecular flexibility index (Phi) is 8.59. The third-order valence-electron chi connectivity index (χ3n) is 4.30. The third-order valence-corrected chi connectivity index (χ3v) is 4.30. The molecule has 22 heavy (non-hydrogen) atoms. The van der Waals surface area contributed by atoms with Crippen LogP contribution in [0, 0.1) is 11.8 Å². The number of nitrogens with zero attached hydrogens (tertiary/aromatic N) is 1. The lowest BCUT2D eigenvalue weighted by Gasteiger charge is -2.30. The van der Waals surface area contributed by atoms with Gasteiger partial charge in [0.05, 0.1) is 12.6 Å². The van der Waals surface area contributed by atoms with Gasteiger partial charge in [0.15, 0.2) is 0 Å². The Morgan fingerprint density at radius 3 is 2.41 bits per heavy atom. The van der Waals surface area contributed by atoms with Gasteiger partial charge in [-0.2, -0.15) is 0 Å². The second kappa shape index (κ2) is 9.91. The average molecular weight is 309 g/mol. The highest BCUT2D eigenvalue weighted by Crippen LogP contribution is 2.27. The third kappa shape index (κ3) is 5.66. The normalized spacial score (nSPS) is 20.0. The van der Waals surface area contributed by atoms with E-state index in [2.05, 4.69) is 46.9 Å². The lowest BCUT2D eigenvalue weighted by molar-refractivity contribution is 0.225. The van der Waals surface area contributed by atoms with Gasteiger partial charge in [0.25, 0.3) is 6.02 Å². The van der Waals surface area contributed by atoms with Gasteiger partial charge >= 0.3 is 0 Å². The molecule has 3 nitrogen and oxygen atoms in total. The predicted molar refractivity (Wildman–Crippen MR) is 96.1 cm³/mol. The van der Waals surface area contributed by atoms with Gasteiger partial charge in [-0.3, -0.25) is 0 Å². The second-order valence-corrected chi connectivity index (χ2v) is 6.89. The van der Waals surface area contributed by atoms with E-state index in [1.165, 1.54) is 37.0 Å². The molecular weight excluding hydrogens is 272 g/mol. The van der Waals surface area contributed by atoms with Crippen LogP contribution in [0.3, 0.4) is 0 Å². The minimum atomic E-state index is 0.291. The molecule has 0 saturated carbocycles. The number of rotatable bonds is 9. The standard InChI is InChI=1S/C19H36N2O/c1-7-10-12-15(6)13-22-19-20-17(9-3)16(11-8-2)18(21-19)14(4)5/h14-15,17H,7-13H2,1-6H3,(H,20,21). The number of hydrogen-bond donors (Lipinski definition) is 1. The van der Waals surface area contributed by atoms with Crippen molar-refractivity contribution < 1.29 is 4.74 Å². The van der Waals surface area contributed by atoms with E-state index in [0.29, 0.717) is 17.9 Å². The highest BCUT2D eigenvalue weighted by molar-refractivity contribution is 5.77. The average Bonchev–Trinajstić information content (AvgIpc) is 2.51. The van der Waals surface area contributed by atoms with Gasteiger partial charge < -0.3 is 10.1 Å². The minimum Gasteiger partial charge on any atom is -0.465 e. The summed E-state index contributed by atoms with van der Waals surface area (Å²) >= 11 is 0. The molecule has 0 fully saturated rings. The van der Waals surface area contributed by atoms with Crippen molar-refractivity contribution >= 4 is 6.02 Å². The topological polar surface area (TPSA) is 33.6 Å². The van der Waals surface area contributed by atoms with Crippen molar-refractivity contribution in [1.82, 2.24) is 5.32 Å². The molecule has 0 aliphatic carbocycles. The summed E-state index contributed by atoms with van der Waals surface area (Å²) in [5.74, 6) is 1.08. The fraction of sp³-hybridized carbons (Fsp3) is 0.842. The maximum Gasteiger partial charge on any atom is 0.289 e. The summed E-state index contributed by atoms with van der Waals surface area (Å²) in [6, 6.07) is 1.03. The Morgan fingerprint density at radius 2 is 1.86 bits per heavy atom. The Balaban J connectivity index is 2.71. The van der Waals surface area contributed by atoms with Crippen LogP contribution in [-0.2, 0) is 4.74 Å². The summed E-state index contributed by atoms with van der Waals surface area (Å²) in [4.78, 5) is 4.81. The first-order valence-corrected chi connectivity index (χ1v) is 9.23. The van der Waals surface area contributed by atoms with Crippen LogP contribution < -0.4 is 5.32 Å². The number of unbranched alkanes of at least 4 members (excludes halogenated alkanes) is 1. The van der Waals surface area contributed by atoms with Crippen LogP contribution >= 0.6 is 0 Å². The number of hydrogen-bond acceptors (Lipinski definition) is 3. The van der Waals surface area contributed by atoms with Crippen molar-refractivity contribution in [2.45, 2.75) is 86.1 Å². The van der Waals surface area contributed by atoms with Crippen LogP contribution in [0.1, 0.15) is 80.1 Å². The van der Waals surface area contributed by atoms with Crippen molar-refractivity contribution in [2.75, 3.05) is 6.61 Å². The molecule has 2 atom stereocenters. The van der Waals surface area contributed by atoms with Crippen molar-refractivity contribution in [2.24, 2.45) is 16.8 Å². The molecule has 3 heteroatoms. The largest absolute Gasteiger partial charge is 0.465 e. The minimum absolute atomic E-state index is 0.291.